The van der Waals surface area contributed by atoms with Gasteiger partial charge in [-0.25, -0.2) is 4.39 Å². The van der Waals surface area contributed by atoms with Crippen molar-refractivity contribution < 1.29 is 9.18 Å². The molecule has 3 heteroatoms. The second-order valence-electron chi connectivity index (χ2n) is 5.69. The molecule has 0 N–H and O–H groups in total. The molecule has 0 radical (unpaired) electrons. The van der Waals surface area contributed by atoms with E-state index in [4.69, 9.17) is 0 Å². The zero-order valence-corrected chi connectivity index (χ0v) is 13.0. The van der Waals surface area contributed by atoms with Crippen molar-refractivity contribution in [2.75, 3.05) is 7.05 Å². The number of carbonyl (C=O) groups excluding carboxylic acids is 1. The first-order chi connectivity index (χ1) is 11.1. The van der Waals surface area contributed by atoms with E-state index in [0.717, 1.165) is 16.5 Å². The van der Waals surface area contributed by atoms with E-state index in [1.165, 1.54) is 17.5 Å². The maximum atomic E-state index is 12.9. The summed E-state index contributed by atoms with van der Waals surface area (Å²) in [5.41, 5.74) is 1.94. The molecule has 0 aliphatic carbocycles. The third kappa shape index (κ3) is 3.57. The van der Waals surface area contributed by atoms with Crippen molar-refractivity contribution in [1.82, 2.24) is 4.90 Å². The number of nitrogens with zero attached hydrogens (tertiary/aromatic N) is 1. The van der Waals surface area contributed by atoms with E-state index in [1.54, 1.807) is 24.1 Å². The van der Waals surface area contributed by atoms with Gasteiger partial charge in [0.05, 0.1) is 6.42 Å². The Morgan fingerprint density at radius 3 is 2.43 bits per heavy atom. The highest BCUT2D eigenvalue weighted by Gasteiger charge is 2.11. The highest BCUT2D eigenvalue weighted by atomic mass is 19.1. The molecule has 3 rings (SSSR count). The van der Waals surface area contributed by atoms with Crippen LogP contribution in [0.3, 0.4) is 0 Å². The fourth-order valence-corrected chi connectivity index (χ4v) is 2.69. The molecule has 0 aliphatic rings. The van der Waals surface area contributed by atoms with E-state index >= 15 is 0 Å². The average Bonchev–Trinajstić information content (AvgIpc) is 2.57. The second-order valence-corrected chi connectivity index (χ2v) is 5.69. The topological polar surface area (TPSA) is 20.3 Å². The molecule has 116 valence electrons. The zero-order chi connectivity index (χ0) is 16.2. The van der Waals surface area contributed by atoms with Crippen molar-refractivity contribution in [2.45, 2.75) is 13.0 Å². The highest BCUT2D eigenvalue weighted by Crippen LogP contribution is 2.20. The minimum absolute atomic E-state index is 0.0181. The Hall–Kier alpha value is -2.68. The molecule has 1 amide bonds. The number of hydrogen-bond donors (Lipinski definition) is 0. The molecule has 0 saturated carbocycles. The largest absolute Gasteiger partial charge is 0.341 e. The fraction of sp³-hybridized carbons (Fsp3) is 0.150. The Kier molecular flexibility index (Phi) is 4.38. The molecule has 23 heavy (non-hydrogen) atoms. The lowest BCUT2D eigenvalue weighted by Gasteiger charge is -2.18. The van der Waals surface area contributed by atoms with Gasteiger partial charge in [0.15, 0.2) is 0 Å². The number of carbonyl (C=O) groups is 1. The van der Waals surface area contributed by atoms with Crippen LogP contribution in [0.4, 0.5) is 4.39 Å². The SMILES string of the molecule is CN(Cc1cccc2ccccc12)C(=O)Cc1ccc(F)cc1. The first-order valence-electron chi connectivity index (χ1n) is 7.58. The summed E-state index contributed by atoms with van der Waals surface area (Å²) in [5, 5.41) is 2.33. The van der Waals surface area contributed by atoms with Crippen LogP contribution in [0, 0.1) is 5.82 Å². The van der Waals surface area contributed by atoms with Gasteiger partial charge in [0, 0.05) is 13.6 Å². The summed E-state index contributed by atoms with van der Waals surface area (Å²) in [4.78, 5) is 14.1. The molecule has 0 spiro atoms. The second kappa shape index (κ2) is 6.61. The first-order valence-corrected chi connectivity index (χ1v) is 7.58. The highest BCUT2D eigenvalue weighted by molar-refractivity contribution is 5.86. The number of amides is 1. The first kappa shape index (κ1) is 15.2. The van der Waals surface area contributed by atoms with E-state index in [1.807, 2.05) is 24.3 Å². The number of fused-ring (bicyclic) bond motifs is 1. The van der Waals surface area contributed by atoms with E-state index in [2.05, 4.69) is 18.2 Å². The Bertz CT molecular complexity index is 821. The lowest BCUT2D eigenvalue weighted by atomic mass is 10.0. The monoisotopic (exact) mass is 307 g/mol. The smallest absolute Gasteiger partial charge is 0.227 e. The van der Waals surface area contributed by atoms with Crippen molar-refractivity contribution in [3.05, 3.63) is 83.7 Å². The van der Waals surface area contributed by atoms with Crippen LogP contribution in [-0.4, -0.2) is 17.9 Å². The van der Waals surface area contributed by atoms with Gasteiger partial charge in [0.2, 0.25) is 5.91 Å². The zero-order valence-electron chi connectivity index (χ0n) is 13.0. The molecule has 0 aliphatic heterocycles. The van der Waals surface area contributed by atoms with Crippen LogP contribution in [0.15, 0.2) is 66.7 Å². The van der Waals surface area contributed by atoms with Gasteiger partial charge in [0.25, 0.3) is 0 Å². The molecule has 0 atom stereocenters. The molecule has 0 bridgehead atoms. The summed E-state index contributed by atoms with van der Waals surface area (Å²) in [6, 6.07) is 20.3. The van der Waals surface area contributed by atoms with Gasteiger partial charge in [-0.05, 0) is 34.0 Å². The van der Waals surface area contributed by atoms with Gasteiger partial charge in [-0.3, -0.25) is 4.79 Å². The van der Waals surface area contributed by atoms with E-state index < -0.39 is 0 Å². The Balaban J connectivity index is 1.73. The van der Waals surface area contributed by atoms with Crippen LogP contribution in [0.1, 0.15) is 11.1 Å². The third-order valence-corrected chi connectivity index (χ3v) is 3.98. The molecule has 0 unspecified atom stereocenters. The average molecular weight is 307 g/mol. The summed E-state index contributed by atoms with van der Waals surface area (Å²) in [6.07, 6.45) is 0.279. The third-order valence-electron chi connectivity index (χ3n) is 3.98. The number of halogens is 1. The molecule has 0 fully saturated rings. The lowest BCUT2D eigenvalue weighted by molar-refractivity contribution is -0.129. The quantitative estimate of drug-likeness (QED) is 0.708. The maximum Gasteiger partial charge on any atom is 0.227 e. The van der Waals surface area contributed by atoms with Crippen LogP contribution in [-0.2, 0) is 17.8 Å². The summed E-state index contributed by atoms with van der Waals surface area (Å²) in [5.74, 6) is -0.269. The maximum absolute atomic E-state index is 12.9. The van der Waals surface area contributed by atoms with E-state index in [9.17, 15) is 9.18 Å². The predicted octanol–water partition coefficient (Wildman–Crippen LogP) is 4.18. The van der Waals surface area contributed by atoms with Gasteiger partial charge in [-0.15, -0.1) is 0 Å². The number of benzene rings is 3. The van der Waals surface area contributed by atoms with Crippen LogP contribution in [0.5, 0.6) is 0 Å². The van der Waals surface area contributed by atoms with Crippen molar-refractivity contribution in [2.24, 2.45) is 0 Å². The van der Waals surface area contributed by atoms with Gasteiger partial charge in [0.1, 0.15) is 5.82 Å². The Morgan fingerprint density at radius 2 is 1.65 bits per heavy atom. The van der Waals surface area contributed by atoms with Crippen molar-refractivity contribution >= 4 is 16.7 Å². The van der Waals surface area contributed by atoms with Crippen molar-refractivity contribution in [1.29, 1.82) is 0 Å². The standard InChI is InChI=1S/C20H18FNO/c1-22(20(23)13-15-9-11-18(21)12-10-15)14-17-7-4-6-16-5-2-3-8-19(16)17/h2-12H,13-14H2,1H3. The molecule has 2 nitrogen and oxygen atoms in total. The van der Waals surface area contributed by atoms with Gasteiger partial charge >= 0.3 is 0 Å². The molecular formula is C20H18FNO. The molecule has 0 aromatic heterocycles. The minimum Gasteiger partial charge on any atom is -0.341 e. The number of rotatable bonds is 4. The lowest BCUT2D eigenvalue weighted by Crippen LogP contribution is -2.27. The Labute approximate surface area is 135 Å². The molecule has 3 aromatic rings. The van der Waals surface area contributed by atoms with Crippen LogP contribution < -0.4 is 0 Å². The summed E-state index contributed by atoms with van der Waals surface area (Å²) in [6.45, 7) is 0.557. The van der Waals surface area contributed by atoms with Crippen molar-refractivity contribution in [3.63, 3.8) is 0 Å². The number of likely N-dealkylation sites (N-methyl/N-ethyl adjacent to an activating group) is 1. The van der Waals surface area contributed by atoms with Gasteiger partial charge in [-0.1, -0.05) is 54.6 Å². The fourth-order valence-electron chi connectivity index (χ4n) is 2.69. The van der Waals surface area contributed by atoms with Gasteiger partial charge < -0.3 is 4.90 Å². The molecule has 3 aromatic carbocycles. The summed E-state index contributed by atoms with van der Waals surface area (Å²) < 4.78 is 12.9. The normalized spacial score (nSPS) is 10.7. The predicted molar refractivity (Wildman–Crippen MR) is 90.5 cm³/mol. The molecule has 0 saturated heterocycles. The van der Waals surface area contributed by atoms with Crippen LogP contribution in [0.2, 0.25) is 0 Å². The minimum atomic E-state index is -0.287. The van der Waals surface area contributed by atoms with E-state index in [0.29, 0.717) is 6.54 Å². The molecule has 0 heterocycles. The summed E-state index contributed by atoms with van der Waals surface area (Å²) >= 11 is 0. The molecular weight excluding hydrogens is 289 g/mol. The van der Waals surface area contributed by atoms with E-state index in [-0.39, 0.29) is 18.1 Å². The summed E-state index contributed by atoms with van der Waals surface area (Å²) in [7, 11) is 1.80. The van der Waals surface area contributed by atoms with Gasteiger partial charge in [-0.2, -0.15) is 0 Å². The number of hydrogen-bond acceptors (Lipinski definition) is 1. The van der Waals surface area contributed by atoms with Crippen molar-refractivity contribution in [3.8, 4) is 0 Å². The van der Waals surface area contributed by atoms with Crippen LogP contribution >= 0.6 is 0 Å². The Morgan fingerprint density at radius 1 is 0.957 bits per heavy atom. The van der Waals surface area contributed by atoms with Crippen LogP contribution in [0.25, 0.3) is 10.8 Å².